The second-order valence-electron chi connectivity index (χ2n) is 7.24. The van der Waals surface area contributed by atoms with Gasteiger partial charge < -0.3 is 10.4 Å². The van der Waals surface area contributed by atoms with Gasteiger partial charge in [0.15, 0.2) is 0 Å². The number of thioether (sulfide) groups is 1. The van der Waals surface area contributed by atoms with Gasteiger partial charge in [-0.1, -0.05) is 0 Å². The van der Waals surface area contributed by atoms with E-state index < -0.39 is 83.6 Å². The van der Waals surface area contributed by atoms with Crippen LogP contribution in [-0.4, -0.2) is 88.6 Å². The number of halogens is 19. The molecule has 0 spiro atoms. The lowest BCUT2D eigenvalue weighted by molar-refractivity contribution is -0.467. The molecule has 0 aromatic heterocycles. The smallest absolute Gasteiger partial charge is 0.460 e. The number of aliphatic carboxylic acids is 1. The molecule has 1 atom stereocenters. The molecule has 0 radical (unpaired) electrons. The fourth-order valence-corrected chi connectivity index (χ4v) is 2.72. The van der Waals surface area contributed by atoms with Crippen molar-refractivity contribution in [3.63, 3.8) is 0 Å². The van der Waals surface area contributed by atoms with Gasteiger partial charge in [0.2, 0.25) is 0 Å². The van der Waals surface area contributed by atoms with E-state index in [2.05, 4.69) is 0 Å². The molecule has 2 N–H and O–H groups in total. The van der Waals surface area contributed by atoms with Crippen LogP contribution in [0.4, 0.5) is 83.4 Å². The van der Waals surface area contributed by atoms with E-state index in [0.717, 1.165) is 0 Å². The van der Waals surface area contributed by atoms with Crippen LogP contribution in [0.1, 0.15) is 6.42 Å². The Morgan fingerprint density at radius 2 is 0.923 bits per heavy atom. The SMILES string of the molecule is CSCC[C@H](NC(=O)C(F)(F)C(F)(F)C(F)(F)C(F)(F)C(F)(F)C(F)(F)C(F)(F)C(F)(F)C(F)(F)F)C(=O)O. The van der Waals surface area contributed by atoms with Crippen LogP contribution in [-0.2, 0) is 9.59 Å². The molecule has 0 aromatic carbocycles. The average molecular weight is 645 g/mol. The third kappa shape index (κ3) is 5.36. The monoisotopic (exact) mass is 645 g/mol. The van der Waals surface area contributed by atoms with Crippen LogP contribution in [0.5, 0.6) is 0 Å². The number of carboxylic acid groups (broad SMARTS) is 1. The normalized spacial score (nSPS) is 16.2. The van der Waals surface area contributed by atoms with Gasteiger partial charge in [0.05, 0.1) is 0 Å². The van der Waals surface area contributed by atoms with E-state index in [9.17, 15) is 93.0 Å². The number of amides is 1. The van der Waals surface area contributed by atoms with E-state index in [1.54, 1.807) is 0 Å². The van der Waals surface area contributed by atoms with E-state index in [1.807, 2.05) is 0 Å². The van der Waals surface area contributed by atoms with Gasteiger partial charge in [0.25, 0.3) is 5.91 Å². The molecule has 1 amide bonds. The molecule has 39 heavy (non-hydrogen) atoms. The summed E-state index contributed by atoms with van der Waals surface area (Å²) >= 11 is 0.696. The summed E-state index contributed by atoms with van der Waals surface area (Å²) in [6.45, 7) is 0. The first-order chi connectivity index (χ1) is 16.8. The highest BCUT2D eigenvalue weighted by molar-refractivity contribution is 7.98. The number of rotatable bonds is 13. The molecule has 0 saturated carbocycles. The van der Waals surface area contributed by atoms with E-state index in [4.69, 9.17) is 5.11 Å². The van der Waals surface area contributed by atoms with Crippen LogP contribution in [0.2, 0.25) is 0 Å². The van der Waals surface area contributed by atoms with Crippen molar-refractivity contribution in [1.82, 2.24) is 5.32 Å². The highest BCUT2D eigenvalue weighted by Gasteiger charge is 2.97. The molecule has 0 bridgehead atoms. The summed E-state index contributed by atoms with van der Waals surface area (Å²) in [5, 5.41) is 9.09. The van der Waals surface area contributed by atoms with Gasteiger partial charge in [0, 0.05) is 0 Å². The maximum Gasteiger partial charge on any atom is 0.460 e. The van der Waals surface area contributed by atoms with Crippen LogP contribution in [0.15, 0.2) is 0 Å². The van der Waals surface area contributed by atoms with Crippen molar-refractivity contribution in [2.45, 2.75) is 66.0 Å². The van der Waals surface area contributed by atoms with Crippen molar-refractivity contribution < 1.29 is 98.1 Å². The number of hydrogen-bond acceptors (Lipinski definition) is 3. The largest absolute Gasteiger partial charge is 0.480 e. The molecular formula is C15H10F19NO3S. The van der Waals surface area contributed by atoms with Gasteiger partial charge in [-0.25, -0.2) is 4.79 Å². The molecule has 0 aromatic rings. The first kappa shape index (κ1) is 37.0. The lowest BCUT2D eigenvalue weighted by Crippen LogP contribution is -2.76. The second-order valence-corrected chi connectivity index (χ2v) is 8.22. The summed E-state index contributed by atoms with van der Waals surface area (Å²) in [6, 6.07) is -2.69. The minimum Gasteiger partial charge on any atom is -0.480 e. The van der Waals surface area contributed by atoms with Crippen molar-refractivity contribution >= 4 is 23.6 Å². The van der Waals surface area contributed by atoms with Crippen molar-refractivity contribution in [2.24, 2.45) is 0 Å². The molecule has 0 unspecified atom stereocenters. The molecule has 0 aliphatic heterocycles. The van der Waals surface area contributed by atoms with E-state index >= 15 is 0 Å². The number of hydrogen-bond donors (Lipinski definition) is 2. The standard InChI is InChI=1S/C15H10F19NO3S/c1-39-3-2-4(5(36)37)35-6(38)7(16,17)8(18,19)9(20,21)10(22,23)11(24,25)12(26,27)13(28,29)14(30,31)15(32,33)34/h4H,2-3H2,1H3,(H,35,38)(H,36,37)/t4-/m0/s1. The fourth-order valence-electron chi connectivity index (χ4n) is 2.25. The molecule has 232 valence electrons. The van der Waals surface area contributed by atoms with Crippen LogP contribution in [0, 0.1) is 0 Å². The number of carbonyl (C=O) groups is 2. The molecule has 0 aliphatic rings. The van der Waals surface area contributed by atoms with Crippen LogP contribution >= 0.6 is 11.8 Å². The summed E-state index contributed by atoms with van der Waals surface area (Å²) < 4.78 is 252. The summed E-state index contributed by atoms with van der Waals surface area (Å²) in [6.07, 6.45) is -7.75. The number of carbonyl (C=O) groups excluding carboxylic acids is 1. The zero-order valence-electron chi connectivity index (χ0n) is 17.8. The molecule has 0 rings (SSSR count). The van der Waals surface area contributed by atoms with Crippen molar-refractivity contribution in [2.75, 3.05) is 12.0 Å². The van der Waals surface area contributed by atoms with Gasteiger partial charge >= 0.3 is 59.5 Å². The Morgan fingerprint density at radius 3 is 1.21 bits per heavy atom. The van der Waals surface area contributed by atoms with Gasteiger partial charge in [0.1, 0.15) is 6.04 Å². The summed E-state index contributed by atoms with van der Waals surface area (Å²) in [5.74, 6) is -75.8. The fraction of sp³-hybridized carbons (Fsp3) is 0.867. The van der Waals surface area contributed by atoms with Crippen molar-refractivity contribution in [1.29, 1.82) is 0 Å². The Balaban J connectivity index is 6.82. The Kier molecular flexibility index (Phi) is 9.87. The zero-order chi connectivity index (χ0) is 32.1. The minimum absolute atomic E-state index is 0.411. The quantitative estimate of drug-likeness (QED) is 0.243. The predicted octanol–water partition coefficient (Wildman–Crippen LogP) is 5.95. The summed E-state index contributed by atoms with van der Waals surface area (Å²) in [7, 11) is 0. The summed E-state index contributed by atoms with van der Waals surface area (Å²) in [4.78, 5) is 22.2. The van der Waals surface area contributed by atoms with Gasteiger partial charge in [-0.2, -0.15) is 95.2 Å². The highest BCUT2D eigenvalue weighted by atomic mass is 32.2. The Morgan fingerprint density at radius 1 is 0.615 bits per heavy atom. The molecule has 0 aliphatic carbocycles. The highest BCUT2D eigenvalue weighted by Crippen LogP contribution is 2.65. The number of carboxylic acids is 1. The first-order valence-corrected chi connectivity index (χ1v) is 10.3. The second kappa shape index (κ2) is 10.4. The van der Waals surface area contributed by atoms with Gasteiger partial charge in [-0.05, 0) is 18.4 Å². The van der Waals surface area contributed by atoms with Crippen molar-refractivity contribution in [3.05, 3.63) is 0 Å². The lowest BCUT2D eigenvalue weighted by Gasteiger charge is -2.43. The van der Waals surface area contributed by atoms with Crippen LogP contribution in [0.3, 0.4) is 0 Å². The topological polar surface area (TPSA) is 66.4 Å². The first-order valence-electron chi connectivity index (χ1n) is 8.91. The predicted molar refractivity (Wildman–Crippen MR) is 88.2 cm³/mol. The maximum atomic E-state index is 13.8. The van der Waals surface area contributed by atoms with Gasteiger partial charge in [-0.3, -0.25) is 4.79 Å². The third-order valence-corrected chi connectivity index (χ3v) is 5.26. The Bertz CT molecular complexity index is 916. The van der Waals surface area contributed by atoms with E-state index in [0.29, 0.717) is 17.1 Å². The Hall–Kier alpha value is -2.04. The van der Waals surface area contributed by atoms with E-state index in [-0.39, 0.29) is 0 Å². The van der Waals surface area contributed by atoms with Gasteiger partial charge in [-0.15, -0.1) is 0 Å². The minimum atomic E-state index is -9.11. The van der Waals surface area contributed by atoms with Crippen LogP contribution in [0.25, 0.3) is 0 Å². The summed E-state index contributed by atoms with van der Waals surface area (Å²) in [5.41, 5.74) is 0. The average Bonchev–Trinajstić information content (AvgIpc) is 2.74. The lowest BCUT2D eigenvalue weighted by atomic mass is 9.87. The molecule has 24 heteroatoms. The molecule has 0 saturated heterocycles. The maximum absolute atomic E-state index is 13.8. The zero-order valence-corrected chi connectivity index (χ0v) is 18.7. The van der Waals surface area contributed by atoms with Crippen LogP contribution < -0.4 is 5.32 Å². The van der Waals surface area contributed by atoms with E-state index in [1.165, 1.54) is 6.26 Å². The molecule has 0 heterocycles. The molecular weight excluding hydrogens is 635 g/mol. The third-order valence-electron chi connectivity index (χ3n) is 4.62. The van der Waals surface area contributed by atoms with Crippen molar-refractivity contribution in [3.8, 4) is 0 Å². The molecule has 0 fully saturated rings. The Labute approximate surface area is 206 Å². The number of nitrogens with one attached hydrogen (secondary N) is 1. The molecule has 4 nitrogen and oxygen atoms in total. The number of alkyl halides is 19.